The molecule has 0 saturated heterocycles. The van der Waals surface area contributed by atoms with Crippen molar-refractivity contribution in [3.05, 3.63) is 66.7 Å². The number of fused-ring (bicyclic) bond motifs is 1. The van der Waals surface area contributed by atoms with Crippen LogP contribution >= 0.6 is 0 Å². The molecule has 0 radical (unpaired) electrons. The van der Waals surface area contributed by atoms with E-state index in [1.807, 2.05) is 0 Å². The van der Waals surface area contributed by atoms with Gasteiger partial charge < -0.3 is 10.1 Å². The van der Waals surface area contributed by atoms with Crippen molar-refractivity contribution in [3.63, 3.8) is 0 Å². The number of nitro benzene ring substituents is 1. The molecule has 10 heteroatoms. The first-order chi connectivity index (χ1) is 11.4. The van der Waals surface area contributed by atoms with E-state index in [-0.39, 0.29) is 22.3 Å². The molecule has 2 heterocycles. The number of nitrogens with one attached hydrogen (secondary N) is 2. The van der Waals surface area contributed by atoms with Crippen LogP contribution in [0.4, 0.5) is 5.69 Å². The van der Waals surface area contributed by atoms with E-state index < -0.39 is 27.6 Å². The summed E-state index contributed by atoms with van der Waals surface area (Å²) in [4.78, 5) is 47.0. The second-order valence-corrected chi connectivity index (χ2v) is 4.81. The second-order valence-electron chi connectivity index (χ2n) is 4.81. The first-order valence-corrected chi connectivity index (χ1v) is 6.52. The van der Waals surface area contributed by atoms with Crippen LogP contribution in [0.15, 0.2) is 39.9 Å². The molecule has 0 aliphatic heterocycles. The van der Waals surface area contributed by atoms with Crippen molar-refractivity contribution in [2.24, 2.45) is 0 Å². The maximum absolute atomic E-state index is 11.8. The van der Waals surface area contributed by atoms with Crippen LogP contribution in [0.2, 0.25) is 0 Å². The Hall–Kier alpha value is -3.82. The molecule has 0 saturated carbocycles. The molecular formula is C14H8N4O6. The third-order valence-corrected chi connectivity index (χ3v) is 3.37. The predicted molar refractivity (Wildman–Crippen MR) is 82.0 cm³/mol. The number of rotatable bonds is 3. The largest absolute Gasteiger partial charge is 0.477 e. The smallest absolute Gasteiger partial charge is 0.341 e. The summed E-state index contributed by atoms with van der Waals surface area (Å²) < 4.78 is 0. The number of nitrogens with zero attached hydrogens (tertiary/aromatic N) is 2. The average molecular weight is 328 g/mol. The standard InChI is InChI=1S/C14H8N4O6/c19-12-9(14(21)22)5-8-10(16-17-13(20)11(8)15-12)6-1-3-7(4-2-6)18(23)24/h1-5H,(H,15,19)(H,17,20)(H,21,22). The quantitative estimate of drug-likeness (QED) is 0.475. The van der Waals surface area contributed by atoms with E-state index in [1.54, 1.807) is 0 Å². The zero-order valence-electron chi connectivity index (χ0n) is 11.8. The zero-order valence-corrected chi connectivity index (χ0v) is 11.8. The Bertz CT molecular complexity index is 1100. The van der Waals surface area contributed by atoms with Gasteiger partial charge in [0, 0.05) is 23.1 Å². The molecule has 2 aromatic heterocycles. The van der Waals surface area contributed by atoms with Gasteiger partial charge in [-0.05, 0) is 18.2 Å². The summed E-state index contributed by atoms with van der Waals surface area (Å²) in [6, 6.07) is 6.36. The maximum atomic E-state index is 11.8. The fourth-order valence-electron chi connectivity index (χ4n) is 2.24. The molecule has 120 valence electrons. The second kappa shape index (κ2) is 5.43. The van der Waals surface area contributed by atoms with Crippen molar-refractivity contribution in [3.8, 4) is 11.3 Å². The lowest BCUT2D eigenvalue weighted by molar-refractivity contribution is -0.384. The molecule has 3 aromatic rings. The summed E-state index contributed by atoms with van der Waals surface area (Å²) in [6.45, 7) is 0. The monoisotopic (exact) mass is 328 g/mol. The Labute approximate surface area is 131 Å². The number of pyridine rings is 1. The molecule has 24 heavy (non-hydrogen) atoms. The molecular weight excluding hydrogens is 320 g/mol. The third kappa shape index (κ3) is 2.41. The SMILES string of the molecule is O=C(O)c1cc2c(-c3ccc([N+](=O)[O-])cc3)n[nH]c(=O)c2[nH]c1=O. The molecule has 0 spiro atoms. The zero-order chi connectivity index (χ0) is 17.4. The van der Waals surface area contributed by atoms with Gasteiger partial charge in [0.15, 0.2) is 0 Å². The van der Waals surface area contributed by atoms with Gasteiger partial charge in [-0.1, -0.05) is 0 Å². The first kappa shape index (κ1) is 15.1. The Balaban J connectivity index is 2.32. The van der Waals surface area contributed by atoms with Gasteiger partial charge in [-0.25, -0.2) is 9.89 Å². The number of aromatic nitrogens is 3. The highest BCUT2D eigenvalue weighted by molar-refractivity contribution is 5.97. The van der Waals surface area contributed by atoms with Gasteiger partial charge in [0.25, 0.3) is 16.8 Å². The van der Waals surface area contributed by atoms with Crippen LogP contribution in [0.1, 0.15) is 10.4 Å². The first-order valence-electron chi connectivity index (χ1n) is 6.52. The minimum Gasteiger partial charge on any atom is -0.477 e. The molecule has 0 fully saturated rings. The fraction of sp³-hybridized carbons (Fsp3) is 0. The van der Waals surface area contributed by atoms with Crippen LogP contribution in [-0.2, 0) is 0 Å². The summed E-state index contributed by atoms with van der Waals surface area (Å²) in [5.74, 6) is -1.45. The fourth-order valence-corrected chi connectivity index (χ4v) is 2.24. The Morgan fingerprint density at radius 3 is 2.42 bits per heavy atom. The van der Waals surface area contributed by atoms with Crippen LogP contribution in [-0.4, -0.2) is 31.2 Å². The van der Waals surface area contributed by atoms with E-state index in [2.05, 4.69) is 15.2 Å². The summed E-state index contributed by atoms with van der Waals surface area (Å²) in [6.07, 6.45) is 0. The van der Waals surface area contributed by atoms with Gasteiger partial charge in [-0.3, -0.25) is 19.7 Å². The van der Waals surface area contributed by atoms with Gasteiger partial charge in [-0.2, -0.15) is 5.10 Å². The van der Waals surface area contributed by atoms with Crippen molar-refractivity contribution < 1.29 is 14.8 Å². The van der Waals surface area contributed by atoms with Crippen molar-refractivity contribution in [2.75, 3.05) is 0 Å². The van der Waals surface area contributed by atoms with Crippen molar-refractivity contribution in [2.45, 2.75) is 0 Å². The van der Waals surface area contributed by atoms with Crippen molar-refractivity contribution in [1.82, 2.24) is 15.2 Å². The molecule has 3 N–H and O–H groups in total. The number of benzene rings is 1. The van der Waals surface area contributed by atoms with Crippen LogP contribution in [0.25, 0.3) is 22.2 Å². The number of hydrogen-bond acceptors (Lipinski definition) is 6. The molecule has 3 rings (SSSR count). The maximum Gasteiger partial charge on any atom is 0.341 e. The molecule has 0 aliphatic rings. The van der Waals surface area contributed by atoms with Gasteiger partial charge in [-0.15, -0.1) is 0 Å². The van der Waals surface area contributed by atoms with Crippen LogP contribution in [0.3, 0.4) is 0 Å². The van der Waals surface area contributed by atoms with Gasteiger partial charge >= 0.3 is 5.97 Å². The minimum atomic E-state index is -1.45. The van der Waals surface area contributed by atoms with Crippen LogP contribution in [0, 0.1) is 10.1 Å². The number of carboxylic acids is 1. The van der Waals surface area contributed by atoms with Crippen molar-refractivity contribution in [1.29, 1.82) is 0 Å². The molecule has 0 bridgehead atoms. The number of aromatic amines is 2. The summed E-state index contributed by atoms with van der Waals surface area (Å²) in [5, 5.41) is 25.9. The number of carboxylic acid groups (broad SMARTS) is 1. The molecule has 0 amide bonds. The van der Waals surface area contributed by atoms with Gasteiger partial charge in [0.2, 0.25) is 0 Å². The minimum absolute atomic E-state index is 0.115. The molecule has 0 aliphatic carbocycles. The average Bonchev–Trinajstić information content (AvgIpc) is 2.55. The number of non-ortho nitro benzene ring substituents is 1. The predicted octanol–water partition coefficient (Wildman–Crippen LogP) is 0.885. The number of aromatic carboxylic acids is 1. The normalized spacial score (nSPS) is 10.7. The topological polar surface area (TPSA) is 159 Å². The number of carbonyl (C=O) groups is 1. The lowest BCUT2D eigenvalue weighted by atomic mass is 10.1. The van der Waals surface area contributed by atoms with Gasteiger partial charge in [0.05, 0.1) is 4.92 Å². The highest BCUT2D eigenvalue weighted by Gasteiger charge is 2.16. The Kier molecular flexibility index (Phi) is 3.41. The summed E-state index contributed by atoms with van der Waals surface area (Å²) in [5.41, 5.74) is -1.83. The Morgan fingerprint density at radius 1 is 1.17 bits per heavy atom. The van der Waals surface area contributed by atoms with E-state index >= 15 is 0 Å². The Morgan fingerprint density at radius 2 is 1.83 bits per heavy atom. The van der Waals surface area contributed by atoms with E-state index in [0.29, 0.717) is 5.56 Å². The number of nitro groups is 1. The molecule has 0 unspecified atom stereocenters. The molecule has 10 nitrogen and oxygen atoms in total. The van der Waals surface area contributed by atoms with E-state index in [9.17, 15) is 24.5 Å². The van der Waals surface area contributed by atoms with E-state index in [1.165, 1.54) is 24.3 Å². The van der Waals surface area contributed by atoms with Crippen LogP contribution < -0.4 is 11.1 Å². The van der Waals surface area contributed by atoms with E-state index in [4.69, 9.17) is 5.11 Å². The number of H-pyrrole nitrogens is 2. The van der Waals surface area contributed by atoms with Crippen LogP contribution in [0.5, 0.6) is 0 Å². The van der Waals surface area contributed by atoms with E-state index in [0.717, 1.165) is 6.07 Å². The highest BCUT2D eigenvalue weighted by atomic mass is 16.6. The lowest BCUT2D eigenvalue weighted by Crippen LogP contribution is -2.21. The highest BCUT2D eigenvalue weighted by Crippen LogP contribution is 2.25. The lowest BCUT2D eigenvalue weighted by Gasteiger charge is -2.05. The van der Waals surface area contributed by atoms with Gasteiger partial charge in [0.1, 0.15) is 16.8 Å². The molecule has 1 aromatic carbocycles. The number of hydrogen-bond donors (Lipinski definition) is 3. The van der Waals surface area contributed by atoms with Crippen molar-refractivity contribution >= 4 is 22.6 Å². The summed E-state index contributed by atoms with van der Waals surface area (Å²) >= 11 is 0. The molecule has 0 atom stereocenters. The summed E-state index contributed by atoms with van der Waals surface area (Å²) in [7, 11) is 0. The third-order valence-electron chi connectivity index (χ3n) is 3.37.